The number of halogens is 1. The van der Waals surface area contributed by atoms with Gasteiger partial charge in [0.2, 0.25) is 0 Å². The summed E-state index contributed by atoms with van der Waals surface area (Å²) < 4.78 is 6.31. The van der Waals surface area contributed by atoms with E-state index < -0.39 is 0 Å². The van der Waals surface area contributed by atoms with Gasteiger partial charge in [-0.3, -0.25) is 4.98 Å². The van der Waals surface area contributed by atoms with Crippen LogP contribution >= 0.6 is 22.9 Å². The van der Waals surface area contributed by atoms with Crippen LogP contribution < -0.4 is 10.1 Å². The molecule has 2 aromatic heterocycles. The Kier molecular flexibility index (Phi) is 4.11. The molecule has 4 rings (SSSR count). The van der Waals surface area contributed by atoms with Gasteiger partial charge in [-0.05, 0) is 36.8 Å². The van der Waals surface area contributed by atoms with Gasteiger partial charge in [-0.1, -0.05) is 22.9 Å². The van der Waals surface area contributed by atoms with Gasteiger partial charge in [-0.15, -0.1) is 0 Å². The van der Waals surface area contributed by atoms with Gasteiger partial charge >= 0.3 is 0 Å². The Morgan fingerprint density at radius 2 is 2.04 bits per heavy atom. The van der Waals surface area contributed by atoms with Crippen molar-refractivity contribution in [1.29, 1.82) is 5.26 Å². The molecule has 0 saturated carbocycles. The van der Waals surface area contributed by atoms with E-state index in [0.29, 0.717) is 16.3 Å². The van der Waals surface area contributed by atoms with Crippen molar-refractivity contribution >= 4 is 54.9 Å². The molecule has 26 heavy (non-hydrogen) atoms. The minimum Gasteiger partial charge on any atom is -0.495 e. The largest absolute Gasteiger partial charge is 0.495 e. The van der Waals surface area contributed by atoms with Gasteiger partial charge in [0.05, 0.1) is 33.4 Å². The molecule has 0 unspecified atom stereocenters. The highest BCUT2D eigenvalue weighted by atomic mass is 35.5. The lowest BCUT2D eigenvalue weighted by atomic mass is 10.1. The molecule has 0 bridgehead atoms. The molecule has 0 amide bonds. The highest BCUT2D eigenvalue weighted by molar-refractivity contribution is 7.22. The van der Waals surface area contributed by atoms with E-state index in [4.69, 9.17) is 21.6 Å². The van der Waals surface area contributed by atoms with Crippen LogP contribution in [0.4, 0.5) is 10.8 Å². The second kappa shape index (κ2) is 6.45. The summed E-state index contributed by atoms with van der Waals surface area (Å²) in [6, 6.07) is 11.6. The second-order valence-electron chi connectivity index (χ2n) is 5.79. The first kappa shape index (κ1) is 16.6. The normalized spacial score (nSPS) is 10.8. The highest BCUT2D eigenvalue weighted by Gasteiger charge is 2.11. The Labute approximate surface area is 158 Å². The predicted molar refractivity (Wildman–Crippen MR) is 106 cm³/mol. The summed E-state index contributed by atoms with van der Waals surface area (Å²) in [6.45, 7) is 1.97. The third kappa shape index (κ3) is 2.92. The fourth-order valence-corrected chi connectivity index (χ4v) is 3.91. The van der Waals surface area contributed by atoms with Crippen molar-refractivity contribution in [2.75, 3.05) is 12.4 Å². The van der Waals surface area contributed by atoms with Gasteiger partial charge in [-0.25, -0.2) is 4.98 Å². The molecule has 2 heterocycles. The van der Waals surface area contributed by atoms with E-state index in [1.165, 1.54) is 0 Å². The molecule has 0 fully saturated rings. The van der Waals surface area contributed by atoms with Gasteiger partial charge in [0, 0.05) is 23.3 Å². The number of fused-ring (bicyclic) bond motifs is 2. The van der Waals surface area contributed by atoms with Gasteiger partial charge < -0.3 is 10.1 Å². The molecule has 0 atom stereocenters. The van der Waals surface area contributed by atoms with Crippen LogP contribution in [0, 0.1) is 18.3 Å². The third-order valence-corrected chi connectivity index (χ3v) is 5.29. The quantitative estimate of drug-likeness (QED) is 0.513. The average molecular weight is 381 g/mol. The number of methoxy groups -OCH3 is 1. The molecule has 0 saturated heterocycles. The SMILES string of the molecule is COc1cc(Nc2nc3cc4cc(C#N)cnc4cc3s2)c(C)cc1Cl. The first-order valence-electron chi connectivity index (χ1n) is 7.79. The number of nitrogens with zero attached hydrogens (tertiary/aromatic N) is 3. The zero-order valence-electron chi connectivity index (χ0n) is 14.0. The van der Waals surface area contributed by atoms with E-state index in [0.717, 1.165) is 37.5 Å². The molecular formula is C19H13ClN4OS. The monoisotopic (exact) mass is 380 g/mol. The minimum absolute atomic E-state index is 0.536. The van der Waals surface area contributed by atoms with E-state index in [1.54, 1.807) is 24.6 Å². The Morgan fingerprint density at radius 3 is 2.81 bits per heavy atom. The van der Waals surface area contributed by atoms with Crippen LogP contribution in [-0.2, 0) is 0 Å². The van der Waals surface area contributed by atoms with Crippen LogP contribution in [0.1, 0.15) is 11.1 Å². The number of hydrogen-bond acceptors (Lipinski definition) is 6. The molecular weight excluding hydrogens is 368 g/mol. The van der Waals surface area contributed by atoms with Gasteiger partial charge in [0.15, 0.2) is 5.13 Å². The third-order valence-electron chi connectivity index (χ3n) is 4.06. The molecule has 2 aromatic carbocycles. The topological polar surface area (TPSA) is 70.8 Å². The fourth-order valence-electron chi connectivity index (χ4n) is 2.72. The average Bonchev–Trinajstić information content (AvgIpc) is 3.02. The molecule has 0 radical (unpaired) electrons. The first-order chi connectivity index (χ1) is 12.6. The van der Waals surface area contributed by atoms with Gasteiger partial charge in [-0.2, -0.15) is 5.26 Å². The Balaban J connectivity index is 1.76. The fraction of sp³-hybridized carbons (Fsp3) is 0.105. The lowest BCUT2D eigenvalue weighted by Crippen LogP contribution is -1.94. The van der Waals surface area contributed by atoms with E-state index in [1.807, 2.05) is 37.3 Å². The zero-order chi connectivity index (χ0) is 18.3. The van der Waals surface area contributed by atoms with Crippen LogP contribution in [0.2, 0.25) is 5.02 Å². The molecule has 0 spiro atoms. The summed E-state index contributed by atoms with van der Waals surface area (Å²) in [4.78, 5) is 9.00. The minimum atomic E-state index is 0.536. The molecule has 1 N–H and O–H groups in total. The second-order valence-corrected chi connectivity index (χ2v) is 7.23. The maximum Gasteiger partial charge on any atom is 0.188 e. The van der Waals surface area contributed by atoms with Gasteiger partial charge in [0.25, 0.3) is 0 Å². The number of anilines is 2. The molecule has 7 heteroatoms. The first-order valence-corrected chi connectivity index (χ1v) is 8.98. The molecule has 0 aliphatic carbocycles. The number of rotatable bonds is 3. The highest BCUT2D eigenvalue weighted by Crippen LogP contribution is 2.35. The Hall–Kier alpha value is -2.88. The maximum absolute atomic E-state index is 9.03. The Morgan fingerprint density at radius 1 is 1.19 bits per heavy atom. The number of thiazole rings is 1. The van der Waals surface area contributed by atoms with E-state index in [9.17, 15) is 0 Å². The van der Waals surface area contributed by atoms with Crippen molar-refractivity contribution in [3.05, 3.63) is 52.7 Å². The standard InChI is InChI=1S/C19H13ClN4OS/c1-10-3-13(20)17(25-2)6-14(10)23-19-24-16-5-12-4-11(8-21)9-22-15(12)7-18(16)26-19/h3-7,9H,1-2H3,(H,23,24). The Bertz CT molecular complexity index is 1200. The molecule has 0 aliphatic rings. The summed E-state index contributed by atoms with van der Waals surface area (Å²) in [5.41, 5.74) is 4.13. The summed E-state index contributed by atoms with van der Waals surface area (Å²) in [5.74, 6) is 0.611. The lowest BCUT2D eigenvalue weighted by molar-refractivity contribution is 0.415. The van der Waals surface area contributed by atoms with Crippen molar-refractivity contribution in [2.45, 2.75) is 6.92 Å². The number of ether oxygens (including phenoxy) is 1. The van der Waals surface area contributed by atoms with Crippen LogP contribution in [-0.4, -0.2) is 17.1 Å². The van der Waals surface area contributed by atoms with E-state index in [2.05, 4.69) is 21.4 Å². The summed E-state index contributed by atoms with van der Waals surface area (Å²) >= 11 is 7.70. The summed E-state index contributed by atoms with van der Waals surface area (Å²) in [7, 11) is 1.59. The van der Waals surface area contributed by atoms with Crippen LogP contribution in [0.15, 0.2) is 36.5 Å². The van der Waals surface area contributed by atoms with Crippen molar-refractivity contribution in [2.24, 2.45) is 0 Å². The van der Waals surface area contributed by atoms with Crippen LogP contribution in [0.25, 0.3) is 21.1 Å². The van der Waals surface area contributed by atoms with Crippen molar-refractivity contribution in [3.8, 4) is 11.8 Å². The number of hydrogen-bond donors (Lipinski definition) is 1. The van der Waals surface area contributed by atoms with Crippen LogP contribution in [0.5, 0.6) is 5.75 Å². The van der Waals surface area contributed by atoms with Crippen molar-refractivity contribution in [3.63, 3.8) is 0 Å². The number of pyridine rings is 1. The number of nitriles is 1. The predicted octanol–water partition coefficient (Wildman–Crippen LogP) is 5.43. The number of aromatic nitrogens is 2. The molecule has 0 aliphatic heterocycles. The lowest BCUT2D eigenvalue weighted by Gasteiger charge is -2.10. The molecule has 5 nitrogen and oxygen atoms in total. The summed E-state index contributed by atoms with van der Waals surface area (Å²) in [6.07, 6.45) is 1.58. The number of nitrogens with one attached hydrogen (secondary N) is 1. The van der Waals surface area contributed by atoms with E-state index in [-0.39, 0.29) is 0 Å². The zero-order valence-corrected chi connectivity index (χ0v) is 15.6. The molecule has 128 valence electrons. The van der Waals surface area contributed by atoms with E-state index >= 15 is 0 Å². The van der Waals surface area contributed by atoms with Gasteiger partial charge in [0.1, 0.15) is 11.8 Å². The molecule has 4 aromatic rings. The van der Waals surface area contributed by atoms with Crippen molar-refractivity contribution in [1.82, 2.24) is 9.97 Å². The number of aryl methyl sites for hydroxylation is 1. The van der Waals surface area contributed by atoms with Crippen LogP contribution in [0.3, 0.4) is 0 Å². The smallest absolute Gasteiger partial charge is 0.188 e. The maximum atomic E-state index is 9.03. The summed E-state index contributed by atoms with van der Waals surface area (Å²) in [5, 5.41) is 14.6. The van der Waals surface area contributed by atoms with Crippen molar-refractivity contribution < 1.29 is 4.74 Å². The number of benzene rings is 2.